The molecule has 1 saturated heterocycles. The zero-order chi connectivity index (χ0) is 25.9. The van der Waals surface area contributed by atoms with Crippen LogP contribution in [0.3, 0.4) is 0 Å². The summed E-state index contributed by atoms with van der Waals surface area (Å²) in [6.07, 6.45) is -1.59. The van der Waals surface area contributed by atoms with E-state index in [1.165, 1.54) is 18.3 Å². The minimum atomic E-state index is -4.56. The molecule has 0 amide bonds. The van der Waals surface area contributed by atoms with E-state index in [0.29, 0.717) is 45.8 Å². The number of aryl methyl sites for hydroxylation is 1. The molecule has 4 rings (SSSR count). The molecule has 190 valence electrons. The first-order valence-electron chi connectivity index (χ1n) is 11.5. The third-order valence-corrected chi connectivity index (χ3v) is 6.91. The van der Waals surface area contributed by atoms with E-state index in [1.54, 1.807) is 12.1 Å². The Balaban J connectivity index is 1.62. The number of nitrogens with one attached hydrogen (secondary N) is 2. The second-order valence-corrected chi connectivity index (χ2v) is 9.67. The summed E-state index contributed by atoms with van der Waals surface area (Å²) in [6.45, 7) is 4.87. The number of piperazine rings is 1. The number of carbonyl (C=O) groups is 1. The van der Waals surface area contributed by atoms with Crippen LogP contribution in [-0.2, 0) is 12.6 Å². The second kappa shape index (κ2) is 11.0. The van der Waals surface area contributed by atoms with Crippen LogP contribution in [0.2, 0.25) is 0 Å². The van der Waals surface area contributed by atoms with Crippen molar-refractivity contribution < 1.29 is 18.0 Å². The Bertz CT molecular complexity index is 1240. The maximum Gasteiger partial charge on any atom is 0.418 e. The molecule has 1 fully saturated rings. The van der Waals surface area contributed by atoms with Crippen LogP contribution in [0.4, 0.5) is 42.0 Å². The number of aromatic nitrogens is 2. The number of carbonyl (C=O) groups excluding carboxylic acids is 1. The summed E-state index contributed by atoms with van der Waals surface area (Å²) in [5.74, 6) is 0.391. The van der Waals surface area contributed by atoms with Gasteiger partial charge in [-0.2, -0.15) is 18.2 Å². The Morgan fingerprint density at radius 1 is 1.08 bits per heavy atom. The predicted octanol–water partition coefficient (Wildman–Crippen LogP) is 5.71. The lowest BCUT2D eigenvalue weighted by molar-refractivity contribution is -0.136. The number of nitrogens with zero attached hydrogens (tertiary/aromatic N) is 4. The van der Waals surface area contributed by atoms with Gasteiger partial charge >= 0.3 is 6.18 Å². The number of alkyl halides is 3. The number of hydrogen-bond donors (Lipinski definition) is 2. The lowest BCUT2D eigenvalue weighted by atomic mass is 10.0. The zero-order valence-corrected chi connectivity index (χ0v) is 22.0. The molecule has 0 unspecified atom stereocenters. The molecule has 1 aromatic heterocycles. The molecule has 2 N–H and O–H groups in total. The van der Waals surface area contributed by atoms with E-state index in [4.69, 9.17) is 0 Å². The van der Waals surface area contributed by atoms with Gasteiger partial charge in [0, 0.05) is 43.6 Å². The Morgan fingerprint density at radius 3 is 2.50 bits per heavy atom. The first-order valence-corrected chi connectivity index (χ1v) is 12.6. The summed E-state index contributed by atoms with van der Waals surface area (Å²) in [4.78, 5) is 24.4. The highest BCUT2D eigenvalue weighted by molar-refractivity contribution is 14.1. The zero-order valence-electron chi connectivity index (χ0n) is 19.9. The lowest BCUT2D eigenvalue weighted by Gasteiger charge is -2.34. The molecule has 0 radical (unpaired) electrons. The van der Waals surface area contributed by atoms with Gasteiger partial charge in [0.25, 0.3) is 0 Å². The van der Waals surface area contributed by atoms with Crippen molar-refractivity contribution in [3.8, 4) is 0 Å². The molecule has 7 nitrogen and oxygen atoms in total. The highest BCUT2D eigenvalue weighted by atomic mass is 127. The van der Waals surface area contributed by atoms with Gasteiger partial charge < -0.3 is 20.4 Å². The number of rotatable bonds is 7. The molecule has 0 saturated carbocycles. The highest BCUT2D eigenvalue weighted by Gasteiger charge is 2.34. The van der Waals surface area contributed by atoms with E-state index in [2.05, 4.69) is 25.5 Å². The van der Waals surface area contributed by atoms with Crippen molar-refractivity contribution in [2.75, 3.05) is 48.8 Å². The van der Waals surface area contributed by atoms with Gasteiger partial charge in [0.1, 0.15) is 5.82 Å². The van der Waals surface area contributed by atoms with Gasteiger partial charge in [0.2, 0.25) is 5.95 Å². The van der Waals surface area contributed by atoms with Crippen molar-refractivity contribution in [3.05, 3.63) is 62.9 Å². The largest absolute Gasteiger partial charge is 0.418 e. The molecule has 2 heterocycles. The van der Waals surface area contributed by atoms with Gasteiger partial charge in [-0.15, -0.1) is 0 Å². The minimum Gasteiger partial charge on any atom is -0.369 e. The molecule has 0 bridgehead atoms. The van der Waals surface area contributed by atoms with E-state index < -0.39 is 11.7 Å². The van der Waals surface area contributed by atoms with Crippen molar-refractivity contribution in [1.29, 1.82) is 0 Å². The summed E-state index contributed by atoms with van der Waals surface area (Å²) < 4.78 is 42.6. The Hall–Kier alpha value is -2.93. The fraction of sp³-hybridized carbons (Fsp3) is 0.320. The molecule has 0 aliphatic carbocycles. The number of anilines is 5. The standard InChI is InChI=1S/C25H26F3IN6O/c1-3-16-5-4-6-21(18(16)15-36)31-23-20(29)14-30-24(33-23)32-22-8-7-17(13-19(22)25(26,27)28)35-11-9-34(2)10-12-35/h4-8,13-15H,3,9-12H2,1-2H3,(H2,30,31,32,33). The van der Waals surface area contributed by atoms with Crippen LogP contribution in [0.1, 0.15) is 28.4 Å². The van der Waals surface area contributed by atoms with Crippen LogP contribution in [0.5, 0.6) is 0 Å². The monoisotopic (exact) mass is 610 g/mol. The highest BCUT2D eigenvalue weighted by Crippen LogP contribution is 2.38. The van der Waals surface area contributed by atoms with Gasteiger partial charge in [-0.1, -0.05) is 19.1 Å². The van der Waals surface area contributed by atoms with Gasteiger partial charge in [-0.25, -0.2) is 4.98 Å². The maximum atomic E-state index is 14.0. The average molecular weight is 610 g/mol. The average Bonchev–Trinajstić information content (AvgIpc) is 2.86. The predicted molar refractivity (Wildman–Crippen MR) is 144 cm³/mol. The fourth-order valence-corrected chi connectivity index (χ4v) is 4.46. The number of halogens is 4. The Kier molecular flexibility index (Phi) is 7.98. The Labute approximate surface area is 221 Å². The first-order chi connectivity index (χ1) is 17.2. The topological polar surface area (TPSA) is 73.4 Å². The summed E-state index contributed by atoms with van der Waals surface area (Å²) in [6, 6.07) is 9.73. The molecule has 1 aliphatic rings. The van der Waals surface area contributed by atoms with Gasteiger partial charge in [0.05, 0.1) is 20.5 Å². The minimum absolute atomic E-state index is 0.00932. The van der Waals surface area contributed by atoms with Crippen molar-refractivity contribution in [1.82, 2.24) is 14.9 Å². The number of benzene rings is 2. The van der Waals surface area contributed by atoms with E-state index in [9.17, 15) is 18.0 Å². The number of aldehydes is 1. The van der Waals surface area contributed by atoms with Crippen molar-refractivity contribution in [2.24, 2.45) is 0 Å². The second-order valence-electron chi connectivity index (χ2n) is 8.51. The van der Waals surface area contributed by atoms with Crippen LogP contribution < -0.4 is 15.5 Å². The van der Waals surface area contributed by atoms with Crippen molar-refractivity contribution in [2.45, 2.75) is 19.5 Å². The molecular formula is C25H26F3IN6O. The van der Waals surface area contributed by atoms with E-state index in [1.807, 2.05) is 53.6 Å². The summed E-state index contributed by atoms with van der Waals surface area (Å²) in [7, 11) is 2.00. The first kappa shape index (κ1) is 26.1. The Morgan fingerprint density at radius 2 is 1.83 bits per heavy atom. The van der Waals surface area contributed by atoms with Crippen LogP contribution >= 0.6 is 22.6 Å². The van der Waals surface area contributed by atoms with E-state index >= 15 is 0 Å². The number of hydrogen-bond acceptors (Lipinski definition) is 7. The molecular weight excluding hydrogens is 584 g/mol. The molecule has 2 aromatic carbocycles. The van der Waals surface area contributed by atoms with Crippen molar-refractivity contribution in [3.63, 3.8) is 0 Å². The number of likely N-dealkylation sites (N-methyl/N-ethyl adjacent to an activating group) is 1. The van der Waals surface area contributed by atoms with Gasteiger partial charge in [0.15, 0.2) is 6.29 Å². The van der Waals surface area contributed by atoms with E-state index in [-0.39, 0.29) is 11.6 Å². The summed E-state index contributed by atoms with van der Waals surface area (Å²) in [5.41, 5.74) is 1.59. The molecule has 3 aromatic rings. The third-order valence-electron chi connectivity index (χ3n) is 6.12. The van der Waals surface area contributed by atoms with Gasteiger partial charge in [-0.05, 0) is 65.9 Å². The summed E-state index contributed by atoms with van der Waals surface area (Å²) >= 11 is 2.03. The smallest absolute Gasteiger partial charge is 0.369 e. The normalized spacial score (nSPS) is 14.6. The SMILES string of the molecule is CCc1cccc(Nc2nc(Nc3ccc(N4CCN(C)CC4)cc3C(F)(F)F)ncc2I)c1C=O. The molecule has 11 heteroatoms. The third kappa shape index (κ3) is 5.89. The molecule has 1 aliphatic heterocycles. The lowest BCUT2D eigenvalue weighted by Crippen LogP contribution is -2.44. The van der Waals surface area contributed by atoms with Crippen LogP contribution in [0, 0.1) is 3.57 Å². The molecule has 0 spiro atoms. The summed E-state index contributed by atoms with van der Waals surface area (Å²) in [5, 5.41) is 5.87. The van der Waals surface area contributed by atoms with Crippen molar-refractivity contribution >= 4 is 57.7 Å². The van der Waals surface area contributed by atoms with E-state index in [0.717, 1.165) is 24.9 Å². The molecule has 36 heavy (non-hydrogen) atoms. The fourth-order valence-electron chi connectivity index (χ4n) is 4.07. The van der Waals surface area contributed by atoms with Crippen LogP contribution in [0.25, 0.3) is 0 Å². The quantitative estimate of drug-likeness (QED) is 0.262. The van der Waals surface area contributed by atoms with Gasteiger partial charge in [-0.3, -0.25) is 4.79 Å². The molecule has 0 atom stereocenters. The van der Waals surface area contributed by atoms with Crippen LogP contribution in [-0.4, -0.2) is 54.4 Å². The maximum absolute atomic E-state index is 14.0. The van der Waals surface area contributed by atoms with Crippen LogP contribution in [0.15, 0.2) is 42.6 Å².